The molecule has 0 aromatic carbocycles. The molecular weight excluding hydrogens is 268 g/mol. The quantitative estimate of drug-likeness (QED) is 0.768. The monoisotopic (exact) mass is 296 g/mol. The van der Waals surface area contributed by atoms with Crippen molar-refractivity contribution in [2.75, 3.05) is 18.1 Å². The first-order valence-corrected chi connectivity index (χ1v) is 9.59. The van der Waals surface area contributed by atoms with Crippen LogP contribution in [0.5, 0.6) is 0 Å². The Bertz CT molecular complexity index is 335. The van der Waals surface area contributed by atoms with Gasteiger partial charge in [-0.25, -0.2) is 0 Å². The third kappa shape index (κ3) is 3.24. The second-order valence-electron chi connectivity index (χ2n) is 7.19. The van der Waals surface area contributed by atoms with Crippen molar-refractivity contribution in [3.05, 3.63) is 0 Å². The van der Waals surface area contributed by atoms with Crippen LogP contribution in [0.1, 0.15) is 58.3 Å². The minimum atomic E-state index is 0.0613. The first kappa shape index (κ1) is 14.9. The van der Waals surface area contributed by atoms with E-state index in [1.807, 2.05) is 11.8 Å². The highest BCUT2D eigenvalue weighted by molar-refractivity contribution is 7.99. The molecule has 0 N–H and O–H groups in total. The zero-order valence-corrected chi connectivity index (χ0v) is 13.6. The van der Waals surface area contributed by atoms with Crippen molar-refractivity contribution in [2.24, 2.45) is 17.8 Å². The van der Waals surface area contributed by atoms with Gasteiger partial charge in [0.25, 0.3) is 0 Å². The van der Waals surface area contributed by atoms with E-state index in [0.29, 0.717) is 17.6 Å². The molecule has 1 saturated carbocycles. The first-order valence-electron chi connectivity index (χ1n) is 8.44. The molecule has 3 heteroatoms. The molecule has 1 aliphatic carbocycles. The van der Waals surface area contributed by atoms with Crippen LogP contribution in [0.15, 0.2) is 0 Å². The normalized spacial score (nSPS) is 37.8. The summed E-state index contributed by atoms with van der Waals surface area (Å²) in [7, 11) is 0. The Hall–Kier alpha value is -0.0200. The lowest BCUT2D eigenvalue weighted by molar-refractivity contribution is -0.143. The number of hydrogen-bond acceptors (Lipinski definition) is 3. The summed E-state index contributed by atoms with van der Waals surface area (Å²) in [4.78, 5) is 12.8. The van der Waals surface area contributed by atoms with Crippen molar-refractivity contribution in [1.82, 2.24) is 0 Å². The smallest absolute Gasteiger partial charge is 0.139 e. The van der Waals surface area contributed by atoms with E-state index in [0.717, 1.165) is 51.0 Å². The highest BCUT2D eigenvalue weighted by Crippen LogP contribution is 2.42. The molecule has 0 amide bonds. The van der Waals surface area contributed by atoms with E-state index in [9.17, 15) is 4.79 Å². The minimum Gasteiger partial charge on any atom is -0.375 e. The molecule has 3 fully saturated rings. The molecule has 3 aliphatic rings. The summed E-state index contributed by atoms with van der Waals surface area (Å²) >= 11 is 2.04. The minimum absolute atomic E-state index is 0.0613. The lowest BCUT2D eigenvalue weighted by Crippen LogP contribution is -2.45. The van der Waals surface area contributed by atoms with Gasteiger partial charge in [0.15, 0.2) is 0 Å². The fraction of sp³-hybridized carbons (Fsp3) is 0.941. The van der Waals surface area contributed by atoms with Crippen molar-refractivity contribution in [1.29, 1.82) is 0 Å². The van der Waals surface area contributed by atoms with E-state index in [1.54, 1.807) is 0 Å². The fourth-order valence-corrected chi connectivity index (χ4v) is 5.48. The number of rotatable bonds is 2. The molecule has 114 valence electrons. The second-order valence-corrected chi connectivity index (χ2v) is 8.42. The molecule has 1 atom stereocenters. The van der Waals surface area contributed by atoms with Gasteiger partial charge < -0.3 is 4.74 Å². The summed E-state index contributed by atoms with van der Waals surface area (Å²) in [6.07, 6.45) is 9.08. The van der Waals surface area contributed by atoms with E-state index < -0.39 is 0 Å². The molecule has 20 heavy (non-hydrogen) atoms. The Morgan fingerprint density at radius 2 is 1.75 bits per heavy atom. The number of Topliss-reactive ketones (excluding diaryl/α,β-unsaturated/α-hetero) is 1. The molecule has 2 nitrogen and oxygen atoms in total. The molecule has 3 rings (SSSR count). The number of carbonyl (C=O) groups is 1. The van der Waals surface area contributed by atoms with E-state index in [4.69, 9.17) is 4.74 Å². The van der Waals surface area contributed by atoms with Gasteiger partial charge in [-0.3, -0.25) is 4.79 Å². The maximum Gasteiger partial charge on any atom is 0.139 e. The third-order valence-electron chi connectivity index (χ3n) is 5.72. The summed E-state index contributed by atoms with van der Waals surface area (Å²) in [5.41, 5.74) is 0.0613. The van der Waals surface area contributed by atoms with Crippen molar-refractivity contribution >= 4 is 17.5 Å². The molecule has 0 aromatic rings. The van der Waals surface area contributed by atoms with Gasteiger partial charge in [0, 0.05) is 18.4 Å². The Labute approximate surface area is 127 Å². The zero-order chi connectivity index (χ0) is 14.0. The predicted molar refractivity (Wildman–Crippen MR) is 84.1 cm³/mol. The fourth-order valence-electron chi connectivity index (χ4n) is 4.24. The van der Waals surface area contributed by atoms with Crippen molar-refractivity contribution < 1.29 is 9.53 Å². The number of ether oxygens (including phenoxy) is 1. The van der Waals surface area contributed by atoms with Gasteiger partial charge in [-0.05, 0) is 55.9 Å². The average Bonchev–Trinajstić information content (AvgIpc) is 2.48. The molecule has 1 unspecified atom stereocenters. The van der Waals surface area contributed by atoms with Crippen LogP contribution in [0.4, 0.5) is 0 Å². The lowest BCUT2D eigenvalue weighted by atomic mass is 9.73. The number of ketones is 1. The van der Waals surface area contributed by atoms with E-state index in [1.165, 1.54) is 24.3 Å². The molecule has 0 aromatic heterocycles. The van der Waals surface area contributed by atoms with Crippen LogP contribution >= 0.6 is 11.8 Å². The molecule has 2 aliphatic heterocycles. The third-order valence-corrected chi connectivity index (χ3v) is 6.70. The van der Waals surface area contributed by atoms with Gasteiger partial charge in [0.2, 0.25) is 0 Å². The maximum atomic E-state index is 12.8. The first-order chi connectivity index (χ1) is 9.69. The predicted octanol–water partition coefficient (Wildman–Crippen LogP) is 4.07. The molecule has 2 heterocycles. The van der Waals surface area contributed by atoms with Crippen LogP contribution in [0.2, 0.25) is 0 Å². The van der Waals surface area contributed by atoms with Gasteiger partial charge in [0.05, 0.1) is 5.60 Å². The number of hydrogen-bond donors (Lipinski definition) is 0. The zero-order valence-electron chi connectivity index (χ0n) is 12.7. The molecule has 0 radical (unpaired) electrons. The van der Waals surface area contributed by atoms with Gasteiger partial charge in [-0.1, -0.05) is 19.8 Å². The Morgan fingerprint density at radius 1 is 1.05 bits per heavy atom. The van der Waals surface area contributed by atoms with E-state index in [2.05, 4.69) is 6.92 Å². The largest absolute Gasteiger partial charge is 0.375 e. The van der Waals surface area contributed by atoms with Crippen LogP contribution in [-0.4, -0.2) is 29.5 Å². The molecule has 0 bridgehead atoms. The van der Waals surface area contributed by atoms with Crippen molar-refractivity contribution in [3.63, 3.8) is 0 Å². The average molecular weight is 296 g/mol. The SMILES string of the molecule is CC1CCC(C(=O)C2CCOC3(CCSCC3)C2)CC1. The summed E-state index contributed by atoms with van der Waals surface area (Å²) in [6, 6.07) is 0. The van der Waals surface area contributed by atoms with Gasteiger partial charge in [0.1, 0.15) is 5.78 Å². The molecular formula is C17H28O2S. The van der Waals surface area contributed by atoms with Gasteiger partial charge >= 0.3 is 0 Å². The summed E-state index contributed by atoms with van der Waals surface area (Å²) in [5.74, 6) is 4.49. The highest BCUT2D eigenvalue weighted by Gasteiger charge is 2.42. The van der Waals surface area contributed by atoms with E-state index >= 15 is 0 Å². The second kappa shape index (κ2) is 6.39. The van der Waals surface area contributed by atoms with Crippen molar-refractivity contribution in [3.8, 4) is 0 Å². The summed E-state index contributed by atoms with van der Waals surface area (Å²) in [5, 5.41) is 0. The van der Waals surface area contributed by atoms with E-state index in [-0.39, 0.29) is 5.60 Å². The molecule has 1 spiro atoms. The Kier molecular flexibility index (Phi) is 4.76. The van der Waals surface area contributed by atoms with Gasteiger partial charge in [-0.15, -0.1) is 0 Å². The van der Waals surface area contributed by atoms with Crippen LogP contribution < -0.4 is 0 Å². The molecule has 2 saturated heterocycles. The van der Waals surface area contributed by atoms with Crippen LogP contribution in [-0.2, 0) is 9.53 Å². The van der Waals surface area contributed by atoms with Gasteiger partial charge in [-0.2, -0.15) is 11.8 Å². The standard InChI is InChI=1S/C17H28O2S/c1-13-2-4-14(5-3-13)16(18)15-6-9-19-17(12-15)7-10-20-11-8-17/h13-15H,2-12H2,1H3. The topological polar surface area (TPSA) is 26.3 Å². The highest BCUT2D eigenvalue weighted by atomic mass is 32.2. The van der Waals surface area contributed by atoms with Crippen molar-refractivity contribution in [2.45, 2.75) is 63.9 Å². The lowest BCUT2D eigenvalue weighted by Gasteiger charge is -2.43. The summed E-state index contributed by atoms with van der Waals surface area (Å²) in [6.45, 7) is 3.13. The van der Waals surface area contributed by atoms with Crippen LogP contribution in [0.3, 0.4) is 0 Å². The maximum absolute atomic E-state index is 12.8. The number of carbonyl (C=O) groups excluding carboxylic acids is 1. The Balaban J connectivity index is 1.60. The van der Waals surface area contributed by atoms with Crippen LogP contribution in [0.25, 0.3) is 0 Å². The summed E-state index contributed by atoms with van der Waals surface area (Å²) < 4.78 is 6.13. The number of thioether (sulfide) groups is 1. The Morgan fingerprint density at radius 3 is 2.45 bits per heavy atom. The van der Waals surface area contributed by atoms with Crippen LogP contribution in [0, 0.1) is 17.8 Å².